The summed E-state index contributed by atoms with van der Waals surface area (Å²) in [7, 11) is -5.73. The van der Waals surface area contributed by atoms with E-state index in [0.717, 1.165) is 0 Å². The van der Waals surface area contributed by atoms with E-state index in [-0.39, 0.29) is 47.2 Å². The summed E-state index contributed by atoms with van der Waals surface area (Å²) in [6.07, 6.45) is 8.41. The molecule has 0 saturated heterocycles. The van der Waals surface area contributed by atoms with Gasteiger partial charge < -0.3 is 19.7 Å². The molecule has 3 aromatic rings. The molecule has 0 saturated carbocycles. The van der Waals surface area contributed by atoms with Crippen LogP contribution in [-0.2, 0) is 29.6 Å². The Morgan fingerprint density at radius 3 is 2.38 bits per heavy atom. The van der Waals surface area contributed by atoms with Gasteiger partial charge in [0.15, 0.2) is 5.78 Å². The van der Waals surface area contributed by atoms with E-state index in [0.29, 0.717) is 0 Å². The number of hydrogen-bond acceptors (Lipinski definition) is 7. The predicted molar refractivity (Wildman–Crippen MR) is 123 cm³/mol. The molecular formula is C20H27N5O7S2. The number of nitrogens with one attached hydrogen (secondary N) is 5. The standard InChI is InChI=1S/C8H12N2O4S.C7H8N2O3S.C5H7N/c1-14-8(11)3-5-10-15(12,13)7-2-4-9-6-7;10-5-1-4-9-13(11,12)6-2-3-8-7(5)6;1-5-2-3-6-4-5/h2,4,6,9-10H,3,5H2,1H3;2-3,8-9H,1,4H2;2-4,6H,1H3. The van der Waals surface area contributed by atoms with Gasteiger partial charge in [0.1, 0.15) is 10.6 Å². The van der Waals surface area contributed by atoms with Crippen molar-refractivity contribution in [2.24, 2.45) is 0 Å². The highest BCUT2D eigenvalue weighted by atomic mass is 32.2. The summed E-state index contributed by atoms with van der Waals surface area (Å²) in [6.45, 7) is 2.25. The Morgan fingerprint density at radius 1 is 1.12 bits per heavy atom. The minimum atomic E-state index is -3.51. The number of aryl methyl sites for hydroxylation is 1. The smallest absolute Gasteiger partial charge is 0.306 e. The van der Waals surface area contributed by atoms with E-state index in [1.165, 1.54) is 43.4 Å². The first-order chi connectivity index (χ1) is 16.1. The minimum Gasteiger partial charge on any atom is -0.469 e. The fraction of sp³-hybridized carbons (Fsp3) is 0.300. The Morgan fingerprint density at radius 2 is 1.82 bits per heavy atom. The molecule has 0 fully saturated rings. The lowest BCUT2D eigenvalue weighted by Gasteiger charge is -2.03. The van der Waals surface area contributed by atoms with Crippen molar-refractivity contribution in [3.63, 3.8) is 0 Å². The van der Waals surface area contributed by atoms with Crippen LogP contribution in [0.15, 0.2) is 59.0 Å². The van der Waals surface area contributed by atoms with Crippen molar-refractivity contribution in [1.29, 1.82) is 0 Å². The second-order valence-corrected chi connectivity index (χ2v) is 10.4. The van der Waals surface area contributed by atoms with E-state index in [2.05, 4.69) is 36.1 Å². The third-order valence-electron chi connectivity index (χ3n) is 4.40. The summed E-state index contributed by atoms with van der Waals surface area (Å²) < 4.78 is 54.8. The van der Waals surface area contributed by atoms with Gasteiger partial charge in [-0.15, -0.1) is 0 Å². The number of carbonyl (C=O) groups is 2. The molecule has 186 valence electrons. The van der Waals surface area contributed by atoms with Gasteiger partial charge in [-0.05, 0) is 30.7 Å². The number of hydrogen-bond donors (Lipinski definition) is 5. The number of ketones is 1. The molecule has 4 rings (SSSR count). The molecule has 0 spiro atoms. The number of rotatable bonds is 5. The first-order valence-electron chi connectivity index (χ1n) is 10.1. The van der Waals surface area contributed by atoms with Crippen LogP contribution >= 0.6 is 0 Å². The van der Waals surface area contributed by atoms with Gasteiger partial charge in [0.2, 0.25) is 20.0 Å². The van der Waals surface area contributed by atoms with Crippen LogP contribution in [0.3, 0.4) is 0 Å². The van der Waals surface area contributed by atoms with E-state index >= 15 is 0 Å². The number of aromatic nitrogens is 3. The lowest BCUT2D eigenvalue weighted by molar-refractivity contribution is -0.140. The zero-order valence-corrected chi connectivity index (χ0v) is 20.3. The number of H-pyrrole nitrogens is 3. The molecule has 14 heteroatoms. The first kappa shape index (κ1) is 27.0. The number of Topliss-reactive ketones (excluding diaryl/α,β-unsaturated/α-hetero) is 1. The average molecular weight is 514 g/mol. The molecule has 1 aliphatic rings. The Bertz CT molecular complexity index is 1260. The van der Waals surface area contributed by atoms with Crippen molar-refractivity contribution in [1.82, 2.24) is 24.4 Å². The van der Waals surface area contributed by atoms with Crippen LogP contribution in [0.5, 0.6) is 0 Å². The molecule has 1 aliphatic heterocycles. The Labute approximate surface area is 197 Å². The molecule has 0 unspecified atom stereocenters. The molecule has 3 aromatic heterocycles. The second-order valence-electron chi connectivity index (χ2n) is 6.95. The van der Waals surface area contributed by atoms with Crippen LogP contribution in [0.1, 0.15) is 28.9 Å². The van der Waals surface area contributed by atoms with Gasteiger partial charge in [-0.3, -0.25) is 9.59 Å². The van der Waals surface area contributed by atoms with Crippen molar-refractivity contribution in [2.45, 2.75) is 29.6 Å². The predicted octanol–water partition coefficient (Wildman–Crippen LogP) is 1.06. The number of carbonyl (C=O) groups excluding carboxylic acids is 2. The Kier molecular flexibility index (Phi) is 9.80. The summed E-state index contributed by atoms with van der Waals surface area (Å²) in [6, 6.07) is 4.85. The number of aromatic amines is 3. The van der Waals surface area contributed by atoms with E-state index in [1.54, 1.807) is 0 Å². The summed E-state index contributed by atoms with van der Waals surface area (Å²) in [5.41, 5.74) is 1.47. The molecule has 0 bridgehead atoms. The van der Waals surface area contributed by atoms with Crippen molar-refractivity contribution in [3.05, 3.63) is 60.4 Å². The van der Waals surface area contributed by atoms with Gasteiger partial charge in [0, 0.05) is 50.5 Å². The first-order valence-corrected chi connectivity index (χ1v) is 13.0. The maximum absolute atomic E-state index is 11.5. The van der Waals surface area contributed by atoms with Crippen molar-refractivity contribution < 1.29 is 31.2 Å². The quantitative estimate of drug-likeness (QED) is 0.316. The van der Waals surface area contributed by atoms with Gasteiger partial charge in [0.25, 0.3) is 0 Å². The average Bonchev–Trinajstić information content (AvgIpc) is 3.55. The lowest BCUT2D eigenvalue weighted by Crippen LogP contribution is -2.26. The maximum Gasteiger partial charge on any atom is 0.306 e. The van der Waals surface area contributed by atoms with Crippen LogP contribution in [0.25, 0.3) is 0 Å². The second kappa shape index (κ2) is 12.3. The van der Waals surface area contributed by atoms with Crippen molar-refractivity contribution in [3.8, 4) is 0 Å². The normalized spacial score (nSPS) is 14.5. The van der Waals surface area contributed by atoms with Crippen LogP contribution < -0.4 is 9.44 Å². The van der Waals surface area contributed by atoms with E-state index in [9.17, 15) is 26.4 Å². The van der Waals surface area contributed by atoms with Gasteiger partial charge in [-0.1, -0.05) is 0 Å². The van der Waals surface area contributed by atoms with E-state index in [4.69, 9.17) is 0 Å². The number of sulfonamides is 2. The van der Waals surface area contributed by atoms with Crippen molar-refractivity contribution in [2.75, 3.05) is 20.2 Å². The highest BCUT2D eigenvalue weighted by Gasteiger charge is 2.26. The van der Waals surface area contributed by atoms with Crippen molar-refractivity contribution >= 4 is 31.8 Å². The molecule has 0 amide bonds. The van der Waals surface area contributed by atoms with Crippen LogP contribution in [0.2, 0.25) is 0 Å². The highest BCUT2D eigenvalue weighted by molar-refractivity contribution is 7.89. The largest absolute Gasteiger partial charge is 0.469 e. The topological polar surface area (TPSA) is 183 Å². The molecule has 4 heterocycles. The summed E-state index contributed by atoms with van der Waals surface area (Å²) in [4.78, 5) is 30.4. The Balaban J connectivity index is 0.000000195. The maximum atomic E-state index is 11.5. The van der Waals surface area contributed by atoms with Gasteiger partial charge in [0.05, 0.1) is 18.4 Å². The fourth-order valence-corrected chi connectivity index (χ4v) is 4.88. The number of fused-ring (bicyclic) bond motifs is 1. The summed E-state index contributed by atoms with van der Waals surface area (Å²) in [5, 5.41) is 0. The number of ether oxygens (including phenoxy) is 1. The zero-order chi connectivity index (χ0) is 25.2. The third-order valence-corrected chi connectivity index (χ3v) is 7.37. The molecule has 12 nitrogen and oxygen atoms in total. The van der Waals surface area contributed by atoms with Crippen LogP contribution in [0.4, 0.5) is 0 Å². The molecule has 5 N–H and O–H groups in total. The van der Waals surface area contributed by atoms with E-state index in [1.807, 2.05) is 18.5 Å². The number of esters is 1. The van der Waals surface area contributed by atoms with Crippen LogP contribution in [0, 0.1) is 6.92 Å². The summed E-state index contributed by atoms with van der Waals surface area (Å²) >= 11 is 0. The van der Waals surface area contributed by atoms with Gasteiger partial charge in [-0.25, -0.2) is 26.3 Å². The molecule has 0 radical (unpaired) electrons. The van der Waals surface area contributed by atoms with Gasteiger partial charge >= 0.3 is 5.97 Å². The Hall–Kier alpha value is -3.20. The third kappa shape index (κ3) is 7.98. The molecule has 0 aliphatic carbocycles. The fourth-order valence-electron chi connectivity index (χ4n) is 2.65. The summed E-state index contributed by atoms with van der Waals surface area (Å²) in [5.74, 6) is -0.625. The molecule has 0 aromatic carbocycles. The van der Waals surface area contributed by atoms with Crippen LogP contribution in [-0.4, -0.2) is 63.7 Å². The zero-order valence-electron chi connectivity index (χ0n) is 18.6. The monoisotopic (exact) mass is 513 g/mol. The molecular weight excluding hydrogens is 486 g/mol. The lowest BCUT2D eigenvalue weighted by atomic mass is 10.2. The SMILES string of the molecule is COC(=O)CCNS(=O)(=O)c1cc[nH]c1.Cc1cc[nH]c1.O=C1CCNS(=O)(=O)c2cc[nH]c21. The molecule has 34 heavy (non-hydrogen) atoms. The minimum absolute atomic E-state index is 0.0140. The number of methoxy groups -OCH3 is 1. The van der Waals surface area contributed by atoms with E-state index < -0.39 is 26.0 Å². The highest BCUT2D eigenvalue weighted by Crippen LogP contribution is 2.18. The molecule has 0 atom stereocenters. The van der Waals surface area contributed by atoms with Gasteiger partial charge in [-0.2, -0.15) is 0 Å².